The van der Waals surface area contributed by atoms with Crippen LogP contribution in [0.1, 0.15) is 106 Å². The van der Waals surface area contributed by atoms with Crippen molar-refractivity contribution in [3.05, 3.63) is 77.1 Å². The van der Waals surface area contributed by atoms with Crippen LogP contribution in [0.2, 0.25) is 0 Å². The highest BCUT2D eigenvalue weighted by molar-refractivity contribution is 5.89. The summed E-state index contributed by atoms with van der Waals surface area (Å²) in [5.41, 5.74) is 4.35. The highest BCUT2D eigenvalue weighted by Crippen LogP contribution is 2.45. The number of piperidine rings is 1. The normalized spacial score (nSPS) is 18.6. The number of aromatic nitrogens is 2. The summed E-state index contributed by atoms with van der Waals surface area (Å²) >= 11 is 0. The van der Waals surface area contributed by atoms with Crippen LogP contribution in [0, 0.1) is 0 Å². The molecule has 1 spiro atoms. The van der Waals surface area contributed by atoms with E-state index in [1.165, 1.54) is 0 Å². The zero-order chi connectivity index (χ0) is 34.1. The van der Waals surface area contributed by atoms with E-state index >= 15 is 0 Å². The summed E-state index contributed by atoms with van der Waals surface area (Å²) in [5.74, 6) is -0.612. The molecule has 0 radical (unpaired) electrons. The molecular formula is C38H48N4O6. The summed E-state index contributed by atoms with van der Waals surface area (Å²) in [6, 6.07) is 16.3. The Morgan fingerprint density at radius 3 is 2.23 bits per heavy atom. The van der Waals surface area contributed by atoms with Gasteiger partial charge in [-0.05, 0) is 75.6 Å². The third kappa shape index (κ3) is 6.80. The van der Waals surface area contributed by atoms with E-state index in [2.05, 4.69) is 29.4 Å². The lowest BCUT2D eigenvalue weighted by Crippen LogP contribution is -2.62. The van der Waals surface area contributed by atoms with Gasteiger partial charge in [-0.15, -0.1) is 0 Å². The van der Waals surface area contributed by atoms with Crippen molar-refractivity contribution in [1.29, 1.82) is 0 Å². The highest BCUT2D eigenvalue weighted by Gasteiger charge is 2.49. The van der Waals surface area contributed by atoms with Crippen molar-refractivity contribution in [3.63, 3.8) is 0 Å². The Bertz CT molecular complexity index is 1610. The fourth-order valence-corrected chi connectivity index (χ4v) is 7.95. The minimum atomic E-state index is -0.610. The maximum atomic E-state index is 14.4. The van der Waals surface area contributed by atoms with Gasteiger partial charge in [-0.25, -0.2) is 14.4 Å². The maximum absolute atomic E-state index is 14.4. The number of benzene rings is 2. The van der Waals surface area contributed by atoms with Gasteiger partial charge in [0.2, 0.25) is 0 Å². The van der Waals surface area contributed by atoms with Gasteiger partial charge in [0.15, 0.2) is 5.69 Å². The van der Waals surface area contributed by atoms with Gasteiger partial charge >= 0.3 is 18.2 Å². The number of aryl methyl sites for hydroxylation is 1. The molecule has 1 aromatic heterocycles. The lowest BCUT2D eigenvalue weighted by Gasteiger charge is -2.53. The second-order valence-electron chi connectivity index (χ2n) is 14.4. The lowest BCUT2D eigenvalue weighted by atomic mass is 9.73. The summed E-state index contributed by atoms with van der Waals surface area (Å²) in [4.78, 5) is 44.5. The first kappa shape index (κ1) is 33.6. The Kier molecular flexibility index (Phi) is 9.54. The molecule has 256 valence electrons. The smallest absolute Gasteiger partial charge is 0.410 e. The van der Waals surface area contributed by atoms with Crippen molar-refractivity contribution in [2.45, 2.75) is 102 Å². The molecule has 2 aliphatic carbocycles. The average Bonchev–Trinajstić information content (AvgIpc) is 3.59. The molecule has 2 heterocycles. The first-order chi connectivity index (χ1) is 23.0. The van der Waals surface area contributed by atoms with Crippen molar-refractivity contribution < 1.29 is 28.6 Å². The molecule has 6 rings (SSSR count). The molecule has 1 unspecified atom stereocenters. The maximum Gasteiger partial charge on any atom is 0.410 e. The second-order valence-corrected chi connectivity index (χ2v) is 14.4. The van der Waals surface area contributed by atoms with Crippen LogP contribution in [-0.2, 0) is 27.8 Å². The number of esters is 1. The van der Waals surface area contributed by atoms with Gasteiger partial charge in [0.05, 0.1) is 13.2 Å². The van der Waals surface area contributed by atoms with Crippen LogP contribution in [0.4, 0.5) is 9.59 Å². The van der Waals surface area contributed by atoms with Crippen molar-refractivity contribution in [2.75, 3.05) is 19.8 Å². The van der Waals surface area contributed by atoms with Gasteiger partial charge in [-0.3, -0.25) is 4.68 Å². The van der Waals surface area contributed by atoms with E-state index in [4.69, 9.17) is 14.2 Å². The molecule has 1 saturated carbocycles. The van der Waals surface area contributed by atoms with Gasteiger partial charge in [0, 0.05) is 42.9 Å². The van der Waals surface area contributed by atoms with Gasteiger partial charge in [-0.1, -0.05) is 67.8 Å². The van der Waals surface area contributed by atoms with E-state index in [0.717, 1.165) is 54.4 Å². The first-order valence-corrected chi connectivity index (χ1v) is 17.3. The summed E-state index contributed by atoms with van der Waals surface area (Å²) in [6.45, 7) is 8.42. The molecule has 1 aliphatic heterocycles. The average molecular weight is 657 g/mol. The molecule has 2 amide bonds. The number of hydrogen-bond acceptors (Lipinski definition) is 7. The molecule has 1 saturated heterocycles. The fourth-order valence-electron chi connectivity index (χ4n) is 7.95. The SMILES string of the molecule is CCOC(=O)c1nn(C)cc1CN(C(=O)OCC1c2ccccc2-c2ccccc21)C1CCN(C(=O)OC(C)(C)C)C2(CCCCC2)C1. The van der Waals surface area contributed by atoms with Crippen molar-refractivity contribution in [3.8, 4) is 11.1 Å². The Morgan fingerprint density at radius 2 is 1.60 bits per heavy atom. The number of amides is 2. The zero-order valence-electron chi connectivity index (χ0n) is 28.9. The van der Waals surface area contributed by atoms with Crippen LogP contribution in [0.25, 0.3) is 11.1 Å². The van der Waals surface area contributed by atoms with E-state index in [1.807, 2.05) is 49.9 Å². The van der Waals surface area contributed by atoms with E-state index in [9.17, 15) is 14.4 Å². The predicted molar refractivity (Wildman–Crippen MR) is 182 cm³/mol. The van der Waals surface area contributed by atoms with Crippen molar-refractivity contribution in [2.24, 2.45) is 7.05 Å². The molecule has 0 N–H and O–H groups in total. The Morgan fingerprint density at radius 1 is 0.958 bits per heavy atom. The predicted octanol–water partition coefficient (Wildman–Crippen LogP) is 7.45. The number of carbonyl (C=O) groups is 3. The number of likely N-dealkylation sites (tertiary alicyclic amines) is 1. The highest BCUT2D eigenvalue weighted by atomic mass is 16.6. The number of hydrogen-bond donors (Lipinski definition) is 0. The molecule has 48 heavy (non-hydrogen) atoms. The molecule has 3 aliphatic rings. The third-order valence-corrected chi connectivity index (χ3v) is 10.00. The van der Waals surface area contributed by atoms with Crippen LogP contribution >= 0.6 is 0 Å². The zero-order valence-corrected chi connectivity index (χ0v) is 28.9. The Labute approximate surface area is 283 Å². The second kappa shape index (κ2) is 13.6. The van der Waals surface area contributed by atoms with Gasteiger partial charge in [0.1, 0.15) is 12.2 Å². The summed E-state index contributed by atoms with van der Waals surface area (Å²) in [5, 5.41) is 4.39. The topological polar surface area (TPSA) is 103 Å². The summed E-state index contributed by atoms with van der Waals surface area (Å²) in [6.07, 6.45) is 7.00. The third-order valence-electron chi connectivity index (χ3n) is 10.00. The Hall–Kier alpha value is -4.34. The minimum Gasteiger partial charge on any atom is -0.461 e. The van der Waals surface area contributed by atoms with Crippen molar-refractivity contribution >= 4 is 18.2 Å². The lowest BCUT2D eigenvalue weighted by molar-refractivity contribution is -0.0460. The van der Waals surface area contributed by atoms with Gasteiger partial charge in [0.25, 0.3) is 0 Å². The van der Waals surface area contributed by atoms with Gasteiger partial charge < -0.3 is 24.0 Å². The summed E-state index contributed by atoms with van der Waals surface area (Å²) < 4.78 is 19.0. The van der Waals surface area contributed by atoms with Crippen LogP contribution in [0.3, 0.4) is 0 Å². The molecule has 10 nitrogen and oxygen atoms in total. The quantitative estimate of drug-likeness (QED) is 0.192. The number of ether oxygens (including phenoxy) is 3. The number of nitrogens with zero attached hydrogens (tertiary/aromatic N) is 4. The largest absolute Gasteiger partial charge is 0.461 e. The van der Waals surface area contributed by atoms with Crippen molar-refractivity contribution in [1.82, 2.24) is 19.6 Å². The van der Waals surface area contributed by atoms with Crippen LogP contribution in [0.5, 0.6) is 0 Å². The van der Waals surface area contributed by atoms with E-state index in [-0.39, 0.29) is 43.5 Å². The molecule has 2 fully saturated rings. The van der Waals surface area contributed by atoms with Crippen LogP contribution < -0.4 is 0 Å². The number of carbonyl (C=O) groups excluding carboxylic acids is 3. The van der Waals surface area contributed by atoms with E-state index < -0.39 is 23.2 Å². The van der Waals surface area contributed by atoms with Crippen LogP contribution in [-0.4, -0.2) is 74.7 Å². The number of rotatable bonds is 7. The monoisotopic (exact) mass is 656 g/mol. The number of fused-ring (bicyclic) bond motifs is 3. The Balaban J connectivity index is 1.30. The first-order valence-electron chi connectivity index (χ1n) is 17.3. The molecule has 1 atom stereocenters. The van der Waals surface area contributed by atoms with Crippen LogP contribution in [0.15, 0.2) is 54.7 Å². The molecule has 10 heteroatoms. The van der Waals surface area contributed by atoms with E-state index in [1.54, 1.807) is 29.7 Å². The van der Waals surface area contributed by atoms with Gasteiger partial charge in [-0.2, -0.15) is 5.10 Å². The molecular weight excluding hydrogens is 608 g/mol. The van der Waals surface area contributed by atoms with E-state index in [0.29, 0.717) is 24.9 Å². The minimum absolute atomic E-state index is 0.0876. The standard InChI is InChI=1S/C38H48N4O6/c1-6-46-34(43)33-26(23-40(5)39-33)24-41(27-18-21-42(36(45)48-37(2,3)4)38(22-27)19-12-7-13-20-38)35(44)47-25-32-30-16-10-8-14-28(30)29-15-9-11-17-31(29)32/h8-11,14-17,23,27,32H,6-7,12-13,18-22,24-25H2,1-5H3. The molecule has 2 aromatic carbocycles. The molecule has 3 aromatic rings. The summed E-state index contributed by atoms with van der Waals surface area (Å²) in [7, 11) is 1.75. The fraction of sp³-hybridized carbons (Fsp3) is 0.526. The molecule has 0 bridgehead atoms.